The second kappa shape index (κ2) is 2.67. The number of hydrogen-bond acceptors (Lipinski definition) is 3. The molecule has 0 atom stereocenters. The molecule has 2 heterocycles. The first-order valence-corrected chi connectivity index (χ1v) is 4.87. The molecule has 0 aliphatic rings. The van der Waals surface area contributed by atoms with Gasteiger partial charge in [-0.15, -0.1) is 11.3 Å². The van der Waals surface area contributed by atoms with Gasteiger partial charge in [-0.1, -0.05) is 0 Å². The molecule has 4 heteroatoms. The Kier molecular flexibility index (Phi) is 1.73. The number of aromatic nitrogens is 2. The zero-order valence-corrected chi connectivity index (χ0v) is 8.60. The number of carbonyl (C=O) groups excluding carboxylic acids is 1. The van der Waals surface area contributed by atoms with E-state index in [2.05, 4.69) is 4.98 Å². The van der Waals surface area contributed by atoms with Crippen molar-refractivity contribution in [2.75, 3.05) is 0 Å². The van der Waals surface area contributed by atoms with E-state index in [1.165, 1.54) is 4.88 Å². The minimum atomic E-state index is 0.678. The summed E-state index contributed by atoms with van der Waals surface area (Å²) in [6.45, 7) is 5.91. The van der Waals surface area contributed by atoms with Crippen LogP contribution in [0.5, 0.6) is 0 Å². The van der Waals surface area contributed by atoms with Gasteiger partial charge in [-0.05, 0) is 20.8 Å². The van der Waals surface area contributed by atoms with Crippen molar-refractivity contribution in [3.05, 3.63) is 22.0 Å². The average Bonchev–Trinajstić information content (AvgIpc) is 2.51. The van der Waals surface area contributed by atoms with E-state index in [9.17, 15) is 4.79 Å². The number of carbonyl (C=O) groups is 1. The Balaban J connectivity index is 2.94. The van der Waals surface area contributed by atoms with Crippen molar-refractivity contribution in [1.82, 2.24) is 9.38 Å². The lowest BCUT2D eigenvalue weighted by atomic mass is 10.3. The van der Waals surface area contributed by atoms with E-state index in [-0.39, 0.29) is 0 Å². The van der Waals surface area contributed by atoms with Gasteiger partial charge in [0.05, 0.1) is 5.69 Å². The lowest BCUT2D eigenvalue weighted by Crippen LogP contribution is -1.93. The monoisotopic (exact) mass is 194 g/mol. The molecule has 0 aliphatic heterocycles. The molecular weight excluding hydrogens is 184 g/mol. The molecular formula is C9H10N2OS. The minimum Gasteiger partial charge on any atom is -0.296 e. The van der Waals surface area contributed by atoms with Gasteiger partial charge < -0.3 is 0 Å². The quantitative estimate of drug-likeness (QED) is 0.652. The summed E-state index contributed by atoms with van der Waals surface area (Å²) in [5.74, 6) is 0. The van der Waals surface area contributed by atoms with Crippen molar-refractivity contribution >= 4 is 22.6 Å². The van der Waals surface area contributed by atoms with E-state index in [1.807, 2.05) is 25.2 Å². The molecule has 2 rings (SSSR count). The van der Waals surface area contributed by atoms with Crippen LogP contribution in [0.25, 0.3) is 4.96 Å². The molecule has 0 bridgehead atoms. The highest BCUT2D eigenvalue weighted by Gasteiger charge is 2.13. The van der Waals surface area contributed by atoms with Gasteiger partial charge in [0.1, 0.15) is 5.69 Å². The highest BCUT2D eigenvalue weighted by Crippen LogP contribution is 2.23. The third-order valence-electron chi connectivity index (χ3n) is 2.27. The van der Waals surface area contributed by atoms with Crippen molar-refractivity contribution in [2.24, 2.45) is 0 Å². The summed E-state index contributed by atoms with van der Waals surface area (Å²) in [5, 5.41) is 0. The Hall–Kier alpha value is -1.16. The number of rotatable bonds is 1. The Labute approximate surface area is 80.0 Å². The topological polar surface area (TPSA) is 34.4 Å². The molecule has 0 aliphatic carbocycles. The van der Waals surface area contributed by atoms with Crippen molar-refractivity contribution in [3.63, 3.8) is 0 Å². The molecule has 0 radical (unpaired) electrons. The standard InChI is InChI=1S/C9H10N2OS/c1-5-8(4-12)11-6(2)7(3)13-9(11)10-5/h4H,1-3H3. The van der Waals surface area contributed by atoms with Crippen LogP contribution >= 0.6 is 11.3 Å². The van der Waals surface area contributed by atoms with Crippen LogP contribution in [-0.4, -0.2) is 15.7 Å². The van der Waals surface area contributed by atoms with Gasteiger partial charge >= 0.3 is 0 Å². The molecule has 2 aromatic heterocycles. The first-order chi connectivity index (χ1) is 6.15. The largest absolute Gasteiger partial charge is 0.296 e. The molecule has 0 amide bonds. The summed E-state index contributed by atoms with van der Waals surface area (Å²) in [4.78, 5) is 17.2. The van der Waals surface area contributed by atoms with E-state index >= 15 is 0 Å². The molecule has 68 valence electrons. The average molecular weight is 194 g/mol. The predicted molar refractivity (Wildman–Crippen MR) is 52.7 cm³/mol. The Morgan fingerprint density at radius 2 is 2.08 bits per heavy atom. The normalized spacial score (nSPS) is 11.0. The van der Waals surface area contributed by atoms with E-state index < -0.39 is 0 Å². The van der Waals surface area contributed by atoms with Gasteiger partial charge in [-0.2, -0.15) is 0 Å². The maximum absolute atomic E-state index is 10.8. The molecule has 13 heavy (non-hydrogen) atoms. The molecule has 0 aromatic carbocycles. The van der Waals surface area contributed by atoms with E-state index in [4.69, 9.17) is 0 Å². The van der Waals surface area contributed by atoms with Crippen molar-refractivity contribution in [2.45, 2.75) is 20.8 Å². The fourth-order valence-electron chi connectivity index (χ4n) is 1.41. The molecule has 2 aromatic rings. The van der Waals surface area contributed by atoms with Crippen LogP contribution < -0.4 is 0 Å². The molecule has 0 spiro atoms. The summed E-state index contributed by atoms with van der Waals surface area (Å²) >= 11 is 1.62. The number of fused-ring (bicyclic) bond motifs is 1. The van der Waals surface area contributed by atoms with Gasteiger partial charge in [-0.3, -0.25) is 9.20 Å². The summed E-state index contributed by atoms with van der Waals surface area (Å²) in [7, 11) is 0. The van der Waals surface area contributed by atoms with E-state index in [1.54, 1.807) is 11.3 Å². The van der Waals surface area contributed by atoms with Gasteiger partial charge in [0.2, 0.25) is 0 Å². The maximum atomic E-state index is 10.8. The van der Waals surface area contributed by atoms with E-state index in [0.29, 0.717) is 5.69 Å². The number of nitrogens with zero attached hydrogens (tertiary/aromatic N) is 2. The molecule has 0 N–H and O–H groups in total. The van der Waals surface area contributed by atoms with Gasteiger partial charge in [0.15, 0.2) is 11.2 Å². The Morgan fingerprint density at radius 1 is 1.38 bits per heavy atom. The second-order valence-corrected chi connectivity index (χ2v) is 4.24. The van der Waals surface area contributed by atoms with Crippen LogP contribution in [0.2, 0.25) is 0 Å². The predicted octanol–water partition coefficient (Wildman–Crippen LogP) is 2.13. The fourth-order valence-corrected chi connectivity index (χ4v) is 2.44. The molecule has 0 unspecified atom stereocenters. The number of aldehydes is 1. The fraction of sp³-hybridized carbons (Fsp3) is 0.333. The number of aryl methyl sites for hydroxylation is 3. The minimum absolute atomic E-state index is 0.678. The number of hydrogen-bond donors (Lipinski definition) is 0. The highest BCUT2D eigenvalue weighted by molar-refractivity contribution is 7.17. The number of thiazole rings is 1. The zero-order chi connectivity index (χ0) is 9.59. The van der Waals surface area contributed by atoms with Crippen LogP contribution in [-0.2, 0) is 0 Å². The van der Waals surface area contributed by atoms with Gasteiger partial charge in [0.25, 0.3) is 0 Å². The smallest absolute Gasteiger partial charge is 0.194 e. The van der Waals surface area contributed by atoms with Crippen LogP contribution in [0, 0.1) is 20.8 Å². The Bertz CT molecular complexity index is 481. The lowest BCUT2D eigenvalue weighted by molar-refractivity contribution is 0.111. The zero-order valence-electron chi connectivity index (χ0n) is 7.79. The molecule has 0 fully saturated rings. The summed E-state index contributed by atoms with van der Waals surface area (Å²) in [6, 6.07) is 0. The van der Waals surface area contributed by atoms with Gasteiger partial charge in [-0.25, -0.2) is 4.98 Å². The SMILES string of the molecule is Cc1nc2sc(C)c(C)n2c1C=O. The third kappa shape index (κ3) is 1.02. The van der Waals surface area contributed by atoms with Crippen molar-refractivity contribution in [1.29, 1.82) is 0 Å². The van der Waals surface area contributed by atoms with E-state index in [0.717, 1.165) is 22.6 Å². The third-order valence-corrected chi connectivity index (χ3v) is 3.33. The maximum Gasteiger partial charge on any atom is 0.194 e. The van der Waals surface area contributed by atoms with Crippen LogP contribution in [0.3, 0.4) is 0 Å². The molecule has 3 nitrogen and oxygen atoms in total. The summed E-state index contributed by atoms with van der Waals surface area (Å²) in [5.41, 5.74) is 2.60. The molecule has 0 saturated heterocycles. The van der Waals surface area contributed by atoms with Crippen LogP contribution in [0.15, 0.2) is 0 Å². The van der Waals surface area contributed by atoms with Crippen molar-refractivity contribution < 1.29 is 4.79 Å². The summed E-state index contributed by atoms with van der Waals surface area (Å²) in [6.07, 6.45) is 0.870. The summed E-state index contributed by atoms with van der Waals surface area (Å²) < 4.78 is 1.92. The van der Waals surface area contributed by atoms with Crippen molar-refractivity contribution in [3.8, 4) is 0 Å². The Morgan fingerprint density at radius 3 is 2.69 bits per heavy atom. The highest BCUT2D eigenvalue weighted by atomic mass is 32.1. The molecule has 0 saturated carbocycles. The van der Waals surface area contributed by atoms with Crippen LogP contribution in [0.4, 0.5) is 0 Å². The van der Waals surface area contributed by atoms with Crippen LogP contribution in [0.1, 0.15) is 26.8 Å². The second-order valence-electron chi connectivity index (χ2n) is 3.06. The first kappa shape index (κ1) is 8.44. The first-order valence-electron chi connectivity index (χ1n) is 4.05. The lowest BCUT2D eigenvalue weighted by Gasteiger charge is -1.93. The van der Waals surface area contributed by atoms with Gasteiger partial charge in [0, 0.05) is 10.6 Å². The number of imidazole rings is 1.